The SMILES string of the molecule is CC[C@H](C)NC(=O)[C@H](C)N(Cc1cccc(Br)c1)C(=O)CN(c1ccc(C)cc1)S(=O)(=O)c1ccc(C)cc1. The van der Waals surface area contributed by atoms with Gasteiger partial charge in [-0.1, -0.05) is 70.4 Å². The zero-order valence-electron chi connectivity index (χ0n) is 23.0. The number of anilines is 1. The minimum atomic E-state index is -4.08. The van der Waals surface area contributed by atoms with Gasteiger partial charge in [0.05, 0.1) is 10.6 Å². The molecule has 3 rings (SSSR count). The Bertz CT molecular complexity index is 1390. The molecular weight excluding hydrogens is 578 g/mol. The molecule has 0 fully saturated rings. The van der Waals surface area contributed by atoms with Crippen LogP contribution >= 0.6 is 15.9 Å². The first-order chi connectivity index (χ1) is 18.4. The van der Waals surface area contributed by atoms with E-state index in [9.17, 15) is 18.0 Å². The molecule has 0 aliphatic heterocycles. The number of benzene rings is 3. The number of nitrogens with zero attached hydrogens (tertiary/aromatic N) is 2. The fourth-order valence-corrected chi connectivity index (χ4v) is 5.82. The van der Waals surface area contributed by atoms with Crippen molar-refractivity contribution >= 4 is 43.5 Å². The Morgan fingerprint density at radius 1 is 0.923 bits per heavy atom. The monoisotopic (exact) mass is 613 g/mol. The third-order valence-corrected chi connectivity index (χ3v) is 8.90. The smallest absolute Gasteiger partial charge is 0.264 e. The molecule has 1 N–H and O–H groups in total. The van der Waals surface area contributed by atoms with E-state index in [2.05, 4.69) is 21.2 Å². The van der Waals surface area contributed by atoms with Crippen molar-refractivity contribution in [2.75, 3.05) is 10.8 Å². The number of rotatable bonds is 11. The van der Waals surface area contributed by atoms with Crippen molar-refractivity contribution in [1.82, 2.24) is 10.2 Å². The summed E-state index contributed by atoms with van der Waals surface area (Å²) in [6, 6.07) is 20.1. The highest BCUT2D eigenvalue weighted by Crippen LogP contribution is 2.25. The number of halogens is 1. The van der Waals surface area contributed by atoms with E-state index in [1.165, 1.54) is 17.0 Å². The molecule has 0 saturated heterocycles. The fourth-order valence-electron chi connectivity index (χ4n) is 3.96. The lowest BCUT2D eigenvalue weighted by atomic mass is 10.1. The van der Waals surface area contributed by atoms with E-state index in [0.717, 1.165) is 31.9 Å². The van der Waals surface area contributed by atoms with Gasteiger partial charge in [-0.25, -0.2) is 8.42 Å². The second-order valence-electron chi connectivity index (χ2n) is 9.81. The maximum Gasteiger partial charge on any atom is 0.264 e. The summed E-state index contributed by atoms with van der Waals surface area (Å²) in [5, 5.41) is 2.94. The normalized spacial score (nSPS) is 12.9. The fraction of sp³-hybridized carbons (Fsp3) is 0.333. The molecule has 0 bridgehead atoms. The lowest BCUT2D eigenvalue weighted by molar-refractivity contribution is -0.139. The summed E-state index contributed by atoms with van der Waals surface area (Å²) in [6.45, 7) is 8.99. The van der Waals surface area contributed by atoms with Crippen molar-refractivity contribution in [2.45, 2.75) is 64.6 Å². The summed E-state index contributed by atoms with van der Waals surface area (Å²) < 4.78 is 29.7. The Morgan fingerprint density at radius 2 is 1.51 bits per heavy atom. The Hall–Kier alpha value is -3.17. The van der Waals surface area contributed by atoms with Crippen LogP contribution in [-0.4, -0.2) is 43.8 Å². The van der Waals surface area contributed by atoms with E-state index in [-0.39, 0.29) is 23.4 Å². The van der Waals surface area contributed by atoms with Crippen molar-refractivity contribution in [3.63, 3.8) is 0 Å². The van der Waals surface area contributed by atoms with Gasteiger partial charge in [0, 0.05) is 17.1 Å². The highest BCUT2D eigenvalue weighted by atomic mass is 79.9. The van der Waals surface area contributed by atoms with Gasteiger partial charge in [0.1, 0.15) is 12.6 Å². The van der Waals surface area contributed by atoms with Crippen LogP contribution in [0.25, 0.3) is 0 Å². The summed E-state index contributed by atoms with van der Waals surface area (Å²) in [5.74, 6) is -0.783. The van der Waals surface area contributed by atoms with Gasteiger partial charge in [-0.05, 0) is 76.1 Å². The third kappa shape index (κ3) is 7.92. The number of carbonyl (C=O) groups is 2. The summed E-state index contributed by atoms with van der Waals surface area (Å²) in [5.41, 5.74) is 3.07. The highest BCUT2D eigenvalue weighted by Gasteiger charge is 2.32. The quantitative estimate of drug-likeness (QED) is 0.305. The van der Waals surface area contributed by atoms with E-state index < -0.39 is 28.5 Å². The first-order valence-electron chi connectivity index (χ1n) is 12.9. The molecule has 3 aromatic carbocycles. The molecule has 0 aromatic heterocycles. The van der Waals surface area contributed by atoms with Crippen molar-refractivity contribution in [1.29, 1.82) is 0 Å². The molecule has 2 amide bonds. The predicted octanol–water partition coefficient (Wildman–Crippen LogP) is 5.59. The van der Waals surface area contributed by atoms with Gasteiger partial charge >= 0.3 is 0 Å². The minimum absolute atomic E-state index is 0.0613. The van der Waals surface area contributed by atoms with Crippen molar-refractivity contribution in [3.05, 3.63) is 94.0 Å². The average Bonchev–Trinajstić information content (AvgIpc) is 2.90. The standard InChI is InChI=1S/C30H36BrN3O4S/c1-6-23(4)32-30(36)24(5)33(19-25-8-7-9-26(31)18-25)29(35)20-34(27-14-10-21(2)11-15-27)39(37,38)28-16-12-22(3)13-17-28/h7-18,23-24H,6,19-20H2,1-5H3,(H,32,36)/t23-,24-/m0/s1. The van der Waals surface area contributed by atoms with Gasteiger partial charge in [-0.2, -0.15) is 0 Å². The van der Waals surface area contributed by atoms with Crippen molar-refractivity contribution in [2.24, 2.45) is 0 Å². The maximum atomic E-state index is 13.9. The molecule has 0 aliphatic rings. The first-order valence-corrected chi connectivity index (χ1v) is 15.2. The number of amides is 2. The van der Waals surface area contributed by atoms with Gasteiger partial charge in [0.15, 0.2) is 0 Å². The molecule has 0 saturated carbocycles. The molecule has 7 nitrogen and oxygen atoms in total. The molecule has 39 heavy (non-hydrogen) atoms. The maximum absolute atomic E-state index is 13.9. The lowest BCUT2D eigenvalue weighted by Crippen LogP contribution is -2.52. The molecule has 0 heterocycles. The second-order valence-corrected chi connectivity index (χ2v) is 12.6. The van der Waals surface area contributed by atoms with Crippen LogP contribution in [-0.2, 0) is 26.2 Å². The first kappa shape index (κ1) is 30.4. The Balaban J connectivity index is 2.02. The van der Waals surface area contributed by atoms with E-state index in [1.807, 2.05) is 52.0 Å². The van der Waals surface area contributed by atoms with Gasteiger partial charge in [-0.15, -0.1) is 0 Å². The van der Waals surface area contributed by atoms with Crippen molar-refractivity contribution in [3.8, 4) is 0 Å². The third-order valence-electron chi connectivity index (χ3n) is 6.62. The van der Waals surface area contributed by atoms with Crippen molar-refractivity contribution < 1.29 is 18.0 Å². The molecule has 9 heteroatoms. The van der Waals surface area contributed by atoms with Crippen LogP contribution in [0.4, 0.5) is 5.69 Å². The van der Waals surface area contributed by atoms with Crippen LogP contribution in [0.1, 0.15) is 43.9 Å². The molecule has 2 atom stereocenters. The van der Waals surface area contributed by atoms with Gasteiger partial charge in [0.2, 0.25) is 11.8 Å². The molecule has 3 aromatic rings. The number of hydrogen-bond acceptors (Lipinski definition) is 4. The van der Waals surface area contributed by atoms with E-state index in [1.54, 1.807) is 43.3 Å². The molecular formula is C30H36BrN3O4S. The van der Waals surface area contributed by atoms with Gasteiger partial charge in [-0.3, -0.25) is 13.9 Å². The van der Waals surface area contributed by atoms with Crippen LogP contribution < -0.4 is 9.62 Å². The van der Waals surface area contributed by atoms with Gasteiger partial charge in [0.25, 0.3) is 10.0 Å². The van der Waals surface area contributed by atoms with Crippen LogP contribution in [0.3, 0.4) is 0 Å². The Kier molecular flexibility index (Phi) is 10.3. The number of nitrogens with one attached hydrogen (secondary N) is 1. The van der Waals surface area contributed by atoms with Crippen LogP contribution in [0.2, 0.25) is 0 Å². The summed E-state index contributed by atoms with van der Waals surface area (Å²) in [6.07, 6.45) is 0.744. The Labute approximate surface area is 240 Å². The minimum Gasteiger partial charge on any atom is -0.352 e. The molecule has 208 valence electrons. The predicted molar refractivity (Wildman–Crippen MR) is 159 cm³/mol. The summed E-state index contributed by atoms with van der Waals surface area (Å²) in [7, 11) is -4.08. The van der Waals surface area contributed by atoms with Crippen LogP contribution in [0.5, 0.6) is 0 Å². The largest absolute Gasteiger partial charge is 0.352 e. The average molecular weight is 615 g/mol. The topological polar surface area (TPSA) is 86.8 Å². The summed E-state index contributed by atoms with van der Waals surface area (Å²) in [4.78, 5) is 28.6. The van der Waals surface area contributed by atoms with E-state index in [0.29, 0.717) is 5.69 Å². The molecule has 0 aliphatic carbocycles. The number of aryl methyl sites for hydroxylation is 2. The number of hydrogen-bond donors (Lipinski definition) is 1. The van der Waals surface area contributed by atoms with Crippen LogP contribution in [0, 0.1) is 13.8 Å². The Morgan fingerprint density at radius 3 is 2.08 bits per heavy atom. The number of carbonyl (C=O) groups excluding carboxylic acids is 2. The zero-order valence-corrected chi connectivity index (χ0v) is 25.4. The molecule has 0 radical (unpaired) electrons. The lowest BCUT2D eigenvalue weighted by Gasteiger charge is -2.32. The summed E-state index contributed by atoms with van der Waals surface area (Å²) >= 11 is 3.46. The van der Waals surface area contributed by atoms with Gasteiger partial charge < -0.3 is 10.2 Å². The second kappa shape index (κ2) is 13.3. The zero-order chi connectivity index (χ0) is 28.7. The number of sulfonamides is 1. The van der Waals surface area contributed by atoms with E-state index >= 15 is 0 Å². The van der Waals surface area contributed by atoms with Crippen LogP contribution in [0.15, 0.2) is 82.2 Å². The highest BCUT2D eigenvalue weighted by molar-refractivity contribution is 9.10. The molecule has 0 spiro atoms. The van der Waals surface area contributed by atoms with E-state index in [4.69, 9.17) is 0 Å². The molecule has 0 unspecified atom stereocenters.